The molecule has 1 saturated heterocycles. The van der Waals surface area contributed by atoms with E-state index < -0.39 is 11.4 Å². The standard InChI is InChI=1S/C12H16FN3O/c1-2-12(5-3-6-15-12)11(17)16-10-4-7-14-8-9(10)13/h4,7-8,15H,2-3,5-6H2,1H3,(H,14,16,17). The SMILES string of the molecule is CCC1(C(=O)Nc2ccncc2F)CCCN1. The molecule has 1 fully saturated rings. The summed E-state index contributed by atoms with van der Waals surface area (Å²) in [4.78, 5) is 15.8. The number of hydrogen-bond donors (Lipinski definition) is 2. The van der Waals surface area contributed by atoms with Gasteiger partial charge in [0.2, 0.25) is 5.91 Å². The van der Waals surface area contributed by atoms with Gasteiger partial charge in [0.15, 0.2) is 5.82 Å². The fourth-order valence-corrected chi connectivity index (χ4v) is 2.18. The molecule has 2 rings (SSSR count). The van der Waals surface area contributed by atoms with Crippen molar-refractivity contribution in [1.82, 2.24) is 10.3 Å². The molecular formula is C12H16FN3O. The number of amides is 1. The molecule has 2 N–H and O–H groups in total. The van der Waals surface area contributed by atoms with Crippen LogP contribution in [-0.4, -0.2) is 23.0 Å². The molecule has 0 spiro atoms. The van der Waals surface area contributed by atoms with Crippen LogP contribution in [0, 0.1) is 5.82 Å². The van der Waals surface area contributed by atoms with Crippen molar-refractivity contribution in [3.8, 4) is 0 Å². The molecule has 1 amide bonds. The van der Waals surface area contributed by atoms with Crippen molar-refractivity contribution in [3.63, 3.8) is 0 Å². The maximum atomic E-state index is 13.4. The van der Waals surface area contributed by atoms with Gasteiger partial charge in [-0.25, -0.2) is 4.39 Å². The molecule has 92 valence electrons. The highest BCUT2D eigenvalue weighted by Crippen LogP contribution is 2.25. The molecule has 1 aromatic heterocycles. The van der Waals surface area contributed by atoms with E-state index in [0.29, 0.717) is 6.42 Å². The number of nitrogens with one attached hydrogen (secondary N) is 2. The third-order valence-electron chi connectivity index (χ3n) is 3.30. The van der Waals surface area contributed by atoms with E-state index in [1.54, 1.807) is 0 Å². The van der Waals surface area contributed by atoms with E-state index in [-0.39, 0.29) is 11.6 Å². The van der Waals surface area contributed by atoms with Crippen molar-refractivity contribution < 1.29 is 9.18 Å². The first kappa shape index (κ1) is 12.0. The van der Waals surface area contributed by atoms with Gasteiger partial charge in [-0.05, 0) is 31.9 Å². The summed E-state index contributed by atoms with van der Waals surface area (Å²) < 4.78 is 13.4. The first-order valence-electron chi connectivity index (χ1n) is 5.84. The highest BCUT2D eigenvalue weighted by atomic mass is 19.1. The van der Waals surface area contributed by atoms with Gasteiger partial charge in [0, 0.05) is 6.20 Å². The van der Waals surface area contributed by atoms with E-state index in [4.69, 9.17) is 0 Å². The zero-order valence-corrected chi connectivity index (χ0v) is 9.79. The molecular weight excluding hydrogens is 221 g/mol. The number of carbonyl (C=O) groups is 1. The lowest BCUT2D eigenvalue weighted by Gasteiger charge is -2.26. The average Bonchev–Trinajstić information content (AvgIpc) is 2.82. The van der Waals surface area contributed by atoms with E-state index >= 15 is 0 Å². The average molecular weight is 237 g/mol. The molecule has 4 nitrogen and oxygen atoms in total. The lowest BCUT2D eigenvalue weighted by atomic mass is 9.93. The van der Waals surface area contributed by atoms with Crippen molar-refractivity contribution in [2.75, 3.05) is 11.9 Å². The van der Waals surface area contributed by atoms with Crippen LogP contribution in [0.4, 0.5) is 10.1 Å². The van der Waals surface area contributed by atoms with Gasteiger partial charge in [0.1, 0.15) is 0 Å². The molecule has 0 bridgehead atoms. The lowest BCUT2D eigenvalue weighted by molar-refractivity contribution is -0.122. The quantitative estimate of drug-likeness (QED) is 0.841. The number of anilines is 1. The van der Waals surface area contributed by atoms with Crippen molar-refractivity contribution in [1.29, 1.82) is 0 Å². The Labute approximate surface area is 99.6 Å². The Hall–Kier alpha value is -1.49. The number of carbonyl (C=O) groups excluding carboxylic acids is 1. The number of nitrogens with zero attached hydrogens (tertiary/aromatic N) is 1. The Bertz CT molecular complexity index is 416. The van der Waals surface area contributed by atoms with Crippen LogP contribution in [0.25, 0.3) is 0 Å². The summed E-state index contributed by atoms with van der Waals surface area (Å²) in [6, 6.07) is 1.46. The minimum Gasteiger partial charge on any atom is -0.322 e. The Kier molecular flexibility index (Phi) is 3.38. The van der Waals surface area contributed by atoms with E-state index in [9.17, 15) is 9.18 Å². The number of rotatable bonds is 3. The van der Waals surface area contributed by atoms with Crippen LogP contribution < -0.4 is 10.6 Å². The van der Waals surface area contributed by atoms with Crippen LogP contribution in [0.5, 0.6) is 0 Å². The fourth-order valence-electron chi connectivity index (χ4n) is 2.18. The summed E-state index contributed by atoms with van der Waals surface area (Å²) in [6.07, 6.45) is 5.02. The maximum absolute atomic E-state index is 13.4. The number of aromatic nitrogens is 1. The third-order valence-corrected chi connectivity index (χ3v) is 3.30. The molecule has 1 aromatic rings. The highest BCUT2D eigenvalue weighted by molar-refractivity contribution is 5.98. The fraction of sp³-hybridized carbons (Fsp3) is 0.500. The van der Waals surface area contributed by atoms with Crippen LogP contribution in [0.15, 0.2) is 18.5 Å². The largest absolute Gasteiger partial charge is 0.322 e. The van der Waals surface area contributed by atoms with E-state index in [1.165, 1.54) is 12.3 Å². The van der Waals surface area contributed by atoms with Gasteiger partial charge < -0.3 is 10.6 Å². The van der Waals surface area contributed by atoms with E-state index in [1.807, 2.05) is 6.92 Å². The van der Waals surface area contributed by atoms with Crippen molar-refractivity contribution in [2.24, 2.45) is 0 Å². The van der Waals surface area contributed by atoms with Gasteiger partial charge in [-0.2, -0.15) is 0 Å². The van der Waals surface area contributed by atoms with Crippen LogP contribution in [-0.2, 0) is 4.79 Å². The monoisotopic (exact) mass is 237 g/mol. The van der Waals surface area contributed by atoms with Gasteiger partial charge in [-0.1, -0.05) is 6.92 Å². The highest BCUT2D eigenvalue weighted by Gasteiger charge is 2.39. The summed E-state index contributed by atoms with van der Waals surface area (Å²) in [5.74, 6) is -0.673. The van der Waals surface area contributed by atoms with Gasteiger partial charge in [0.25, 0.3) is 0 Å². The molecule has 0 saturated carbocycles. The summed E-state index contributed by atoms with van der Waals surface area (Å²) in [5, 5.41) is 5.84. The molecule has 2 heterocycles. The van der Waals surface area contributed by atoms with Crippen LogP contribution in [0.2, 0.25) is 0 Å². The van der Waals surface area contributed by atoms with Crippen molar-refractivity contribution >= 4 is 11.6 Å². The van der Waals surface area contributed by atoms with Gasteiger partial charge in [-0.3, -0.25) is 9.78 Å². The molecule has 0 radical (unpaired) electrons. The first-order valence-corrected chi connectivity index (χ1v) is 5.84. The maximum Gasteiger partial charge on any atom is 0.244 e. The predicted molar refractivity (Wildman–Crippen MR) is 63.1 cm³/mol. The van der Waals surface area contributed by atoms with E-state index in [2.05, 4.69) is 15.6 Å². The zero-order valence-electron chi connectivity index (χ0n) is 9.79. The van der Waals surface area contributed by atoms with Crippen LogP contribution in [0.1, 0.15) is 26.2 Å². The van der Waals surface area contributed by atoms with Crippen LogP contribution in [0.3, 0.4) is 0 Å². The molecule has 17 heavy (non-hydrogen) atoms. The van der Waals surface area contributed by atoms with Gasteiger partial charge in [0.05, 0.1) is 17.4 Å². The normalized spacial score (nSPS) is 23.6. The molecule has 0 aliphatic carbocycles. The Morgan fingerprint density at radius 3 is 3.12 bits per heavy atom. The molecule has 1 aliphatic rings. The van der Waals surface area contributed by atoms with Crippen molar-refractivity contribution in [2.45, 2.75) is 31.7 Å². The van der Waals surface area contributed by atoms with E-state index in [0.717, 1.165) is 25.6 Å². The van der Waals surface area contributed by atoms with Crippen molar-refractivity contribution in [3.05, 3.63) is 24.3 Å². The molecule has 0 aromatic carbocycles. The molecule has 1 aliphatic heterocycles. The second-order valence-corrected chi connectivity index (χ2v) is 4.28. The Morgan fingerprint density at radius 1 is 1.71 bits per heavy atom. The third kappa shape index (κ3) is 2.29. The minimum absolute atomic E-state index is 0.164. The number of pyridine rings is 1. The van der Waals surface area contributed by atoms with Gasteiger partial charge in [-0.15, -0.1) is 0 Å². The summed E-state index contributed by atoms with van der Waals surface area (Å²) in [7, 11) is 0. The summed E-state index contributed by atoms with van der Waals surface area (Å²) in [6.45, 7) is 2.79. The van der Waals surface area contributed by atoms with Gasteiger partial charge >= 0.3 is 0 Å². The number of hydrogen-bond acceptors (Lipinski definition) is 3. The minimum atomic E-state index is -0.546. The lowest BCUT2D eigenvalue weighted by Crippen LogP contribution is -2.50. The second kappa shape index (κ2) is 4.79. The summed E-state index contributed by atoms with van der Waals surface area (Å²) in [5.41, 5.74) is -0.359. The van der Waals surface area contributed by atoms with Crippen LogP contribution >= 0.6 is 0 Å². The predicted octanol–water partition coefficient (Wildman–Crippen LogP) is 1.69. The molecule has 1 atom stereocenters. The topological polar surface area (TPSA) is 54.0 Å². The Morgan fingerprint density at radius 2 is 2.53 bits per heavy atom. The Balaban J connectivity index is 2.14. The summed E-state index contributed by atoms with van der Waals surface area (Å²) >= 11 is 0. The second-order valence-electron chi connectivity index (χ2n) is 4.28. The zero-order chi connectivity index (χ0) is 12.3. The first-order chi connectivity index (χ1) is 8.18. The molecule has 5 heteroatoms. The number of halogens is 1. The molecule has 1 unspecified atom stereocenters. The smallest absolute Gasteiger partial charge is 0.244 e.